The number of carbonyl (C=O) groups excluding carboxylic acids is 1. The number of nitrogens with zero attached hydrogens (tertiary/aromatic N) is 5. The first-order chi connectivity index (χ1) is 12.6. The molecule has 0 aromatic carbocycles. The van der Waals surface area contributed by atoms with Gasteiger partial charge in [-0.25, -0.2) is 0 Å². The van der Waals surface area contributed by atoms with Crippen molar-refractivity contribution in [2.75, 3.05) is 19.6 Å². The Balaban J connectivity index is 1.61. The highest BCUT2D eigenvalue weighted by Gasteiger charge is 2.26. The fourth-order valence-corrected chi connectivity index (χ4v) is 3.49. The third kappa shape index (κ3) is 4.11. The zero-order chi connectivity index (χ0) is 18.5. The van der Waals surface area contributed by atoms with Gasteiger partial charge in [0.2, 0.25) is 5.89 Å². The minimum absolute atomic E-state index is 0.0380. The molecule has 2 aromatic heterocycles. The standard InChI is InChI=1S/C18H24N6O2/c1-3-23(12-17-21-13(2)26-22-17)15-5-4-7-24(8-6-15)18(25)16-9-14(10-19)11-20-16/h9,11,15,20H,3-8,12H2,1-2H3/t15-/m0/s1. The lowest BCUT2D eigenvalue weighted by molar-refractivity contribution is 0.0750. The van der Waals surface area contributed by atoms with Gasteiger partial charge in [0, 0.05) is 32.3 Å². The number of rotatable bonds is 5. The summed E-state index contributed by atoms with van der Waals surface area (Å²) < 4.78 is 5.06. The van der Waals surface area contributed by atoms with Crippen molar-refractivity contribution in [2.45, 2.75) is 45.7 Å². The van der Waals surface area contributed by atoms with Crippen molar-refractivity contribution >= 4 is 5.91 Å². The fourth-order valence-electron chi connectivity index (χ4n) is 3.49. The summed E-state index contributed by atoms with van der Waals surface area (Å²) in [7, 11) is 0. The van der Waals surface area contributed by atoms with E-state index in [1.54, 1.807) is 19.2 Å². The molecule has 2 aromatic rings. The van der Waals surface area contributed by atoms with Crippen molar-refractivity contribution < 1.29 is 9.32 Å². The second-order valence-corrected chi connectivity index (χ2v) is 6.58. The van der Waals surface area contributed by atoms with Crippen LogP contribution in [-0.2, 0) is 6.54 Å². The van der Waals surface area contributed by atoms with Gasteiger partial charge >= 0.3 is 0 Å². The van der Waals surface area contributed by atoms with Crippen molar-refractivity contribution in [1.29, 1.82) is 5.26 Å². The van der Waals surface area contributed by atoms with Crippen molar-refractivity contribution in [3.63, 3.8) is 0 Å². The van der Waals surface area contributed by atoms with Crippen molar-refractivity contribution in [3.8, 4) is 6.07 Å². The maximum absolute atomic E-state index is 12.7. The minimum Gasteiger partial charge on any atom is -0.356 e. The van der Waals surface area contributed by atoms with E-state index in [0.717, 1.165) is 32.4 Å². The van der Waals surface area contributed by atoms with Crippen LogP contribution in [0.5, 0.6) is 0 Å². The zero-order valence-corrected chi connectivity index (χ0v) is 15.2. The second-order valence-electron chi connectivity index (χ2n) is 6.58. The third-order valence-corrected chi connectivity index (χ3v) is 4.86. The second kappa shape index (κ2) is 8.15. The molecule has 8 heteroatoms. The molecule has 1 aliphatic rings. The molecule has 8 nitrogen and oxygen atoms in total. The Labute approximate surface area is 152 Å². The van der Waals surface area contributed by atoms with Crippen molar-refractivity contribution in [1.82, 2.24) is 24.9 Å². The molecule has 0 bridgehead atoms. The van der Waals surface area contributed by atoms with Crippen LogP contribution in [0, 0.1) is 18.3 Å². The smallest absolute Gasteiger partial charge is 0.270 e. The van der Waals surface area contributed by atoms with Gasteiger partial charge in [-0.2, -0.15) is 10.2 Å². The number of H-pyrrole nitrogens is 1. The van der Waals surface area contributed by atoms with Gasteiger partial charge in [0.1, 0.15) is 11.8 Å². The molecule has 26 heavy (non-hydrogen) atoms. The Hall–Kier alpha value is -2.66. The lowest BCUT2D eigenvalue weighted by atomic mass is 10.1. The normalized spacial score (nSPS) is 17.9. The van der Waals surface area contributed by atoms with Crippen LogP contribution in [0.15, 0.2) is 16.8 Å². The van der Waals surface area contributed by atoms with Crippen LogP contribution in [0.3, 0.4) is 0 Å². The summed E-state index contributed by atoms with van der Waals surface area (Å²) in [6.07, 6.45) is 4.45. The Morgan fingerprint density at radius 1 is 1.50 bits per heavy atom. The number of aromatic nitrogens is 3. The molecule has 3 rings (SSSR count). The first-order valence-electron chi connectivity index (χ1n) is 9.01. The van der Waals surface area contributed by atoms with E-state index in [1.165, 1.54) is 0 Å². The van der Waals surface area contributed by atoms with E-state index in [-0.39, 0.29) is 5.91 Å². The molecule has 1 N–H and O–H groups in total. The highest BCUT2D eigenvalue weighted by molar-refractivity contribution is 5.92. The SMILES string of the molecule is CCN(Cc1noc(C)n1)[C@H]1CCCN(C(=O)c2cc(C#N)c[nH]2)CC1. The number of carbonyl (C=O) groups is 1. The number of hydrogen-bond donors (Lipinski definition) is 1. The summed E-state index contributed by atoms with van der Waals surface area (Å²) >= 11 is 0. The first-order valence-corrected chi connectivity index (χ1v) is 9.01. The number of aryl methyl sites for hydroxylation is 1. The number of hydrogen-bond acceptors (Lipinski definition) is 6. The molecule has 1 atom stereocenters. The van der Waals surface area contributed by atoms with E-state index in [9.17, 15) is 4.79 Å². The topological polar surface area (TPSA) is 102 Å². The van der Waals surface area contributed by atoms with Crippen LogP contribution in [0.25, 0.3) is 0 Å². The monoisotopic (exact) mass is 356 g/mol. The summed E-state index contributed by atoms with van der Waals surface area (Å²) in [5, 5.41) is 12.9. The van der Waals surface area contributed by atoms with E-state index < -0.39 is 0 Å². The molecule has 3 heterocycles. The van der Waals surface area contributed by atoms with Crippen LogP contribution in [0.1, 0.15) is 54.0 Å². The molecular weight excluding hydrogens is 332 g/mol. The molecule has 0 aliphatic carbocycles. The Morgan fingerprint density at radius 2 is 2.35 bits per heavy atom. The molecule has 1 saturated heterocycles. The largest absolute Gasteiger partial charge is 0.356 e. The summed E-state index contributed by atoms with van der Waals surface area (Å²) in [5.41, 5.74) is 0.961. The summed E-state index contributed by atoms with van der Waals surface area (Å²) in [4.78, 5) is 24.1. The number of nitrogens with one attached hydrogen (secondary N) is 1. The lowest BCUT2D eigenvalue weighted by Gasteiger charge is -2.28. The van der Waals surface area contributed by atoms with E-state index in [1.807, 2.05) is 11.0 Å². The molecular formula is C18H24N6O2. The lowest BCUT2D eigenvalue weighted by Crippen LogP contribution is -2.37. The highest BCUT2D eigenvalue weighted by atomic mass is 16.5. The van der Waals surface area contributed by atoms with E-state index in [0.29, 0.717) is 42.1 Å². The zero-order valence-electron chi connectivity index (χ0n) is 15.2. The molecule has 0 unspecified atom stereocenters. The van der Waals surface area contributed by atoms with Crippen LogP contribution >= 0.6 is 0 Å². The van der Waals surface area contributed by atoms with Crippen LogP contribution in [-0.4, -0.2) is 56.5 Å². The van der Waals surface area contributed by atoms with Crippen LogP contribution < -0.4 is 0 Å². The molecule has 0 spiro atoms. The average Bonchev–Trinajstić information content (AvgIpc) is 3.22. The van der Waals surface area contributed by atoms with Crippen LogP contribution in [0.2, 0.25) is 0 Å². The number of amides is 1. The molecule has 0 saturated carbocycles. The van der Waals surface area contributed by atoms with Crippen LogP contribution in [0.4, 0.5) is 0 Å². The molecule has 0 radical (unpaired) electrons. The quantitative estimate of drug-likeness (QED) is 0.880. The maximum Gasteiger partial charge on any atom is 0.270 e. The van der Waals surface area contributed by atoms with Gasteiger partial charge in [-0.15, -0.1) is 0 Å². The predicted octanol–water partition coefficient (Wildman–Crippen LogP) is 2.09. The van der Waals surface area contributed by atoms with Gasteiger partial charge < -0.3 is 14.4 Å². The van der Waals surface area contributed by atoms with E-state index >= 15 is 0 Å². The molecule has 138 valence electrons. The maximum atomic E-state index is 12.7. The van der Waals surface area contributed by atoms with Crippen molar-refractivity contribution in [3.05, 3.63) is 35.2 Å². The molecule has 1 amide bonds. The van der Waals surface area contributed by atoms with E-state index in [4.69, 9.17) is 9.78 Å². The first kappa shape index (κ1) is 18.1. The van der Waals surface area contributed by atoms with Gasteiger partial charge in [-0.3, -0.25) is 9.69 Å². The van der Waals surface area contributed by atoms with Gasteiger partial charge in [0.15, 0.2) is 5.82 Å². The van der Waals surface area contributed by atoms with E-state index in [2.05, 4.69) is 26.9 Å². The summed E-state index contributed by atoms with van der Waals surface area (Å²) in [6, 6.07) is 4.04. The predicted molar refractivity (Wildman–Crippen MR) is 94.2 cm³/mol. The Morgan fingerprint density at radius 3 is 3.00 bits per heavy atom. The molecule has 1 aliphatic heterocycles. The Bertz CT molecular complexity index is 790. The van der Waals surface area contributed by atoms with Gasteiger partial charge in [0.05, 0.1) is 12.1 Å². The van der Waals surface area contributed by atoms with Gasteiger partial charge in [0.25, 0.3) is 5.91 Å². The van der Waals surface area contributed by atoms with Crippen molar-refractivity contribution in [2.24, 2.45) is 0 Å². The minimum atomic E-state index is -0.0380. The third-order valence-electron chi connectivity index (χ3n) is 4.86. The fraction of sp³-hybridized carbons (Fsp3) is 0.556. The summed E-state index contributed by atoms with van der Waals surface area (Å²) in [6.45, 7) is 6.91. The van der Waals surface area contributed by atoms with Gasteiger partial charge in [-0.1, -0.05) is 12.1 Å². The number of aromatic amines is 1. The average molecular weight is 356 g/mol. The number of nitriles is 1. The Kier molecular flexibility index (Phi) is 5.68. The molecule has 1 fully saturated rings. The van der Waals surface area contributed by atoms with Gasteiger partial charge in [-0.05, 0) is 31.9 Å². The number of likely N-dealkylation sites (tertiary alicyclic amines) is 1. The highest BCUT2D eigenvalue weighted by Crippen LogP contribution is 2.20. The summed E-state index contributed by atoms with van der Waals surface area (Å²) in [5.74, 6) is 1.25.